The maximum absolute atomic E-state index is 8.69. The summed E-state index contributed by atoms with van der Waals surface area (Å²) >= 11 is 0. The smallest absolute Gasteiger partial charge is 0.128 e. The third-order valence-corrected chi connectivity index (χ3v) is 1.97. The van der Waals surface area contributed by atoms with Gasteiger partial charge in [-0.2, -0.15) is 0 Å². The molecule has 1 N–H and O–H groups in total. The highest BCUT2D eigenvalue weighted by Gasteiger charge is 2.05. The fourth-order valence-electron chi connectivity index (χ4n) is 1.18. The largest absolute Gasteiger partial charge is 0.490 e. The zero-order valence-corrected chi connectivity index (χ0v) is 8.93. The fourth-order valence-corrected chi connectivity index (χ4v) is 1.18. The molecule has 4 heteroatoms. The Morgan fingerprint density at radius 2 is 2.07 bits per heavy atom. The van der Waals surface area contributed by atoms with Crippen molar-refractivity contribution in [3.63, 3.8) is 0 Å². The van der Waals surface area contributed by atoms with Crippen LogP contribution in [-0.4, -0.2) is 31.2 Å². The van der Waals surface area contributed by atoms with Gasteiger partial charge in [0.05, 0.1) is 12.3 Å². The van der Waals surface area contributed by atoms with Gasteiger partial charge in [0.15, 0.2) is 0 Å². The van der Waals surface area contributed by atoms with E-state index in [2.05, 4.69) is 5.16 Å². The normalized spacial score (nSPS) is 11.5. The van der Waals surface area contributed by atoms with Gasteiger partial charge in [0.25, 0.3) is 0 Å². The molecule has 0 bridgehead atoms. The molecule has 15 heavy (non-hydrogen) atoms. The first kappa shape index (κ1) is 11.5. The Morgan fingerprint density at radius 3 is 2.73 bits per heavy atom. The van der Waals surface area contributed by atoms with Crippen LogP contribution in [0.2, 0.25) is 0 Å². The van der Waals surface area contributed by atoms with Crippen LogP contribution in [0.3, 0.4) is 0 Å². The fraction of sp³-hybridized carbons (Fsp3) is 0.364. The maximum Gasteiger partial charge on any atom is 0.128 e. The SMILES string of the molecule is COCCOc1ccccc1/C(C)=N/O. The number of oxime groups is 1. The lowest BCUT2D eigenvalue weighted by atomic mass is 10.1. The third-order valence-electron chi connectivity index (χ3n) is 1.97. The Morgan fingerprint density at radius 1 is 1.33 bits per heavy atom. The Hall–Kier alpha value is -1.55. The van der Waals surface area contributed by atoms with Crippen LogP contribution in [0, 0.1) is 0 Å². The Labute approximate surface area is 89.1 Å². The van der Waals surface area contributed by atoms with Crippen molar-refractivity contribution < 1.29 is 14.7 Å². The molecule has 0 amide bonds. The standard InChI is InChI=1S/C11H15NO3/c1-9(12-13)10-5-3-4-6-11(10)15-8-7-14-2/h3-6,13H,7-8H2,1-2H3/b12-9+. The summed E-state index contributed by atoms with van der Waals surface area (Å²) in [6.45, 7) is 2.73. The first-order valence-electron chi connectivity index (χ1n) is 4.69. The van der Waals surface area contributed by atoms with Gasteiger partial charge >= 0.3 is 0 Å². The average molecular weight is 209 g/mol. The lowest BCUT2D eigenvalue weighted by molar-refractivity contribution is 0.146. The van der Waals surface area contributed by atoms with Crippen LogP contribution in [0.15, 0.2) is 29.4 Å². The zero-order chi connectivity index (χ0) is 11.1. The van der Waals surface area contributed by atoms with Gasteiger partial charge in [-0.1, -0.05) is 17.3 Å². The molecule has 1 aromatic carbocycles. The highest BCUT2D eigenvalue weighted by atomic mass is 16.5. The number of benzene rings is 1. The zero-order valence-electron chi connectivity index (χ0n) is 8.93. The van der Waals surface area contributed by atoms with E-state index >= 15 is 0 Å². The lowest BCUT2D eigenvalue weighted by Crippen LogP contribution is -2.07. The molecule has 0 fully saturated rings. The highest BCUT2D eigenvalue weighted by Crippen LogP contribution is 2.18. The van der Waals surface area contributed by atoms with E-state index in [-0.39, 0.29) is 0 Å². The third kappa shape index (κ3) is 3.25. The van der Waals surface area contributed by atoms with Crippen molar-refractivity contribution in [1.82, 2.24) is 0 Å². The summed E-state index contributed by atoms with van der Waals surface area (Å²) in [4.78, 5) is 0. The van der Waals surface area contributed by atoms with Gasteiger partial charge in [-0.3, -0.25) is 0 Å². The summed E-state index contributed by atoms with van der Waals surface area (Å²) in [6, 6.07) is 7.42. The van der Waals surface area contributed by atoms with Crippen molar-refractivity contribution in [2.75, 3.05) is 20.3 Å². The molecular formula is C11H15NO3. The Kier molecular flexibility index (Phi) is 4.63. The molecule has 0 radical (unpaired) electrons. The van der Waals surface area contributed by atoms with Crippen molar-refractivity contribution in [2.24, 2.45) is 5.16 Å². The molecule has 0 atom stereocenters. The number of rotatable bonds is 5. The second kappa shape index (κ2) is 6.03. The summed E-state index contributed by atoms with van der Waals surface area (Å²) in [7, 11) is 1.62. The molecule has 1 rings (SSSR count). The second-order valence-electron chi connectivity index (χ2n) is 3.02. The van der Waals surface area contributed by atoms with Gasteiger partial charge in [-0.05, 0) is 19.1 Å². The Bertz CT molecular complexity index is 336. The van der Waals surface area contributed by atoms with Crippen LogP contribution < -0.4 is 4.74 Å². The van der Waals surface area contributed by atoms with Gasteiger partial charge in [0, 0.05) is 12.7 Å². The van der Waals surface area contributed by atoms with Crippen LogP contribution in [-0.2, 0) is 4.74 Å². The summed E-state index contributed by atoms with van der Waals surface area (Å²) in [6.07, 6.45) is 0. The van der Waals surface area contributed by atoms with Gasteiger partial charge in [-0.25, -0.2) is 0 Å². The molecule has 0 aliphatic heterocycles. The van der Waals surface area contributed by atoms with Gasteiger partial charge in [-0.15, -0.1) is 0 Å². The van der Waals surface area contributed by atoms with Crippen molar-refractivity contribution in [3.8, 4) is 5.75 Å². The minimum absolute atomic E-state index is 0.478. The minimum Gasteiger partial charge on any atom is -0.490 e. The molecule has 0 saturated carbocycles. The van der Waals surface area contributed by atoms with Crippen molar-refractivity contribution in [1.29, 1.82) is 0 Å². The van der Waals surface area contributed by atoms with Crippen LogP contribution in [0.1, 0.15) is 12.5 Å². The van der Waals surface area contributed by atoms with E-state index in [1.54, 1.807) is 14.0 Å². The molecular weight excluding hydrogens is 194 g/mol. The molecule has 0 aliphatic rings. The number of ether oxygens (including phenoxy) is 2. The average Bonchev–Trinajstić information content (AvgIpc) is 2.29. The van der Waals surface area contributed by atoms with Gasteiger partial charge in [0.2, 0.25) is 0 Å². The van der Waals surface area contributed by atoms with E-state index in [0.29, 0.717) is 24.7 Å². The van der Waals surface area contributed by atoms with E-state index in [0.717, 1.165) is 5.56 Å². The van der Waals surface area contributed by atoms with Crippen molar-refractivity contribution in [2.45, 2.75) is 6.92 Å². The van der Waals surface area contributed by atoms with Crippen LogP contribution in [0.4, 0.5) is 0 Å². The molecule has 0 aromatic heterocycles. The number of para-hydroxylation sites is 1. The van der Waals surface area contributed by atoms with E-state index in [1.165, 1.54) is 0 Å². The highest BCUT2D eigenvalue weighted by molar-refractivity contribution is 6.00. The molecule has 0 heterocycles. The summed E-state index contributed by atoms with van der Waals surface area (Å²) in [5.41, 5.74) is 1.32. The maximum atomic E-state index is 8.69. The predicted molar refractivity (Wildman–Crippen MR) is 57.8 cm³/mol. The summed E-state index contributed by atoms with van der Waals surface area (Å²) < 4.78 is 10.4. The summed E-state index contributed by atoms with van der Waals surface area (Å²) in [5, 5.41) is 11.8. The van der Waals surface area contributed by atoms with Crippen molar-refractivity contribution >= 4 is 5.71 Å². The second-order valence-corrected chi connectivity index (χ2v) is 3.02. The van der Waals surface area contributed by atoms with Crippen LogP contribution >= 0.6 is 0 Å². The van der Waals surface area contributed by atoms with E-state index < -0.39 is 0 Å². The topological polar surface area (TPSA) is 51.0 Å². The Balaban J connectivity index is 2.77. The molecule has 4 nitrogen and oxygen atoms in total. The molecule has 0 aliphatic carbocycles. The molecule has 0 unspecified atom stereocenters. The predicted octanol–water partition coefficient (Wildman–Crippen LogP) is 1.91. The van der Waals surface area contributed by atoms with Gasteiger partial charge in [0.1, 0.15) is 12.4 Å². The number of hydrogen-bond acceptors (Lipinski definition) is 4. The monoisotopic (exact) mass is 209 g/mol. The minimum atomic E-state index is 0.478. The van der Waals surface area contributed by atoms with Crippen LogP contribution in [0.25, 0.3) is 0 Å². The summed E-state index contributed by atoms with van der Waals surface area (Å²) in [5.74, 6) is 0.699. The number of methoxy groups -OCH3 is 1. The first-order chi connectivity index (χ1) is 7.29. The van der Waals surface area contributed by atoms with Crippen molar-refractivity contribution in [3.05, 3.63) is 29.8 Å². The van der Waals surface area contributed by atoms with E-state index in [9.17, 15) is 0 Å². The van der Waals surface area contributed by atoms with Crippen LogP contribution in [0.5, 0.6) is 5.75 Å². The lowest BCUT2D eigenvalue weighted by Gasteiger charge is -2.09. The first-order valence-corrected chi connectivity index (χ1v) is 4.69. The van der Waals surface area contributed by atoms with E-state index in [4.69, 9.17) is 14.7 Å². The van der Waals surface area contributed by atoms with E-state index in [1.807, 2.05) is 24.3 Å². The number of hydrogen-bond donors (Lipinski definition) is 1. The quantitative estimate of drug-likeness (QED) is 0.349. The molecule has 1 aromatic rings. The number of nitrogens with zero attached hydrogens (tertiary/aromatic N) is 1. The molecule has 0 spiro atoms. The van der Waals surface area contributed by atoms with Gasteiger partial charge < -0.3 is 14.7 Å². The molecule has 82 valence electrons. The molecule has 0 saturated heterocycles.